The van der Waals surface area contributed by atoms with E-state index in [1.807, 2.05) is 0 Å². The Morgan fingerprint density at radius 1 is 1.29 bits per heavy atom. The minimum absolute atomic E-state index is 0.0502. The lowest BCUT2D eigenvalue weighted by atomic mass is 10.1. The van der Waals surface area contributed by atoms with Crippen LogP contribution in [0.4, 0.5) is 18.9 Å². The molecule has 0 bridgehead atoms. The summed E-state index contributed by atoms with van der Waals surface area (Å²) < 4.78 is 37.1. The lowest BCUT2D eigenvalue weighted by Crippen LogP contribution is -2.09. The third-order valence-electron chi connectivity index (χ3n) is 1.76. The first kappa shape index (κ1) is 11.3. The van der Waals surface area contributed by atoms with E-state index in [0.717, 1.165) is 12.1 Å². The van der Waals surface area contributed by atoms with E-state index < -0.39 is 11.7 Å². The van der Waals surface area contributed by atoms with Crippen LogP contribution in [0.3, 0.4) is 0 Å². The largest absolute Gasteiger partial charge is 0.416 e. The minimum Gasteiger partial charge on any atom is -0.398 e. The first-order valence-electron chi connectivity index (χ1n) is 3.71. The van der Waals surface area contributed by atoms with E-state index in [9.17, 15) is 13.2 Å². The molecule has 1 rings (SSSR count). The SMILES string of the molecule is NCc1c(N)cc(C(F)(F)F)cc1Br. The molecule has 0 atom stereocenters. The van der Waals surface area contributed by atoms with Gasteiger partial charge in [0.2, 0.25) is 0 Å². The van der Waals surface area contributed by atoms with Gasteiger partial charge in [0.1, 0.15) is 0 Å². The Labute approximate surface area is 87.2 Å². The van der Waals surface area contributed by atoms with Crippen molar-refractivity contribution in [1.82, 2.24) is 0 Å². The summed E-state index contributed by atoms with van der Waals surface area (Å²) in [4.78, 5) is 0. The van der Waals surface area contributed by atoms with Crippen molar-refractivity contribution in [3.8, 4) is 0 Å². The summed E-state index contributed by atoms with van der Waals surface area (Å²) in [5, 5.41) is 0. The number of hydrogen-bond donors (Lipinski definition) is 2. The van der Waals surface area contributed by atoms with Crippen LogP contribution in [0.2, 0.25) is 0 Å². The van der Waals surface area contributed by atoms with Crippen LogP contribution in [0.1, 0.15) is 11.1 Å². The second kappa shape index (κ2) is 3.78. The van der Waals surface area contributed by atoms with Gasteiger partial charge in [-0.2, -0.15) is 13.2 Å². The van der Waals surface area contributed by atoms with Crippen molar-refractivity contribution in [2.24, 2.45) is 5.73 Å². The van der Waals surface area contributed by atoms with Crippen LogP contribution in [-0.4, -0.2) is 0 Å². The van der Waals surface area contributed by atoms with E-state index in [-0.39, 0.29) is 16.7 Å². The summed E-state index contributed by atoms with van der Waals surface area (Å²) in [7, 11) is 0. The van der Waals surface area contributed by atoms with Crippen molar-refractivity contribution in [2.45, 2.75) is 12.7 Å². The maximum absolute atomic E-state index is 12.3. The third-order valence-corrected chi connectivity index (χ3v) is 2.47. The first-order valence-corrected chi connectivity index (χ1v) is 4.50. The molecule has 14 heavy (non-hydrogen) atoms. The number of rotatable bonds is 1. The van der Waals surface area contributed by atoms with Crippen LogP contribution < -0.4 is 11.5 Å². The van der Waals surface area contributed by atoms with Gasteiger partial charge in [0.25, 0.3) is 0 Å². The molecule has 2 nitrogen and oxygen atoms in total. The maximum atomic E-state index is 12.3. The number of nitrogen functional groups attached to an aromatic ring is 1. The Morgan fingerprint density at radius 2 is 1.86 bits per heavy atom. The lowest BCUT2D eigenvalue weighted by Gasteiger charge is -2.11. The first-order chi connectivity index (χ1) is 6.36. The Hall–Kier alpha value is -0.750. The monoisotopic (exact) mass is 268 g/mol. The predicted octanol–water partition coefficient (Wildman–Crippen LogP) is 2.51. The minimum atomic E-state index is -4.39. The fourth-order valence-electron chi connectivity index (χ4n) is 1.04. The summed E-state index contributed by atoms with van der Waals surface area (Å²) in [6.45, 7) is 0.102. The van der Waals surface area contributed by atoms with Gasteiger partial charge in [-0.25, -0.2) is 0 Å². The molecule has 0 heterocycles. The van der Waals surface area contributed by atoms with Gasteiger partial charge >= 0.3 is 6.18 Å². The normalized spacial score (nSPS) is 11.8. The molecular weight excluding hydrogens is 261 g/mol. The molecule has 6 heteroatoms. The van der Waals surface area contributed by atoms with Crippen molar-refractivity contribution < 1.29 is 13.2 Å². The number of anilines is 1. The molecule has 0 saturated heterocycles. The fourth-order valence-corrected chi connectivity index (χ4v) is 1.67. The molecular formula is C8H8BrF3N2. The summed E-state index contributed by atoms with van der Waals surface area (Å²) in [6.07, 6.45) is -4.39. The van der Waals surface area contributed by atoms with Gasteiger partial charge in [0.15, 0.2) is 0 Å². The number of halogens is 4. The average Bonchev–Trinajstić information content (AvgIpc) is 2.01. The summed E-state index contributed by atoms with van der Waals surface area (Å²) in [6, 6.07) is 1.85. The molecule has 0 amide bonds. The van der Waals surface area contributed by atoms with Gasteiger partial charge in [0, 0.05) is 22.3 Å². The molecule has 0 unspecified atom stereocenters. The number of benzene rings is 1. The zero-order valence-electron chi connectivity index (χ0n) is 7.03. The topological polar surface area (TPSA) is 52.0 Å². The molecule has 0 radical (unpaired) electrons. The van der Waals surface area contributed by atoms with Crippen LogP contribution in [0.25, 0.3) is 0 Å². The highest BCUT2D eigenvalue weighted by atomic mass is 79.9. The van der Waals surface area contributed by atoms with E-state index in [4.69, 9.17) is 11.5 Å². The van der Waals surface area contributed by atoms with E-state index in [1.54, 1.807) is 0 Å². The smallest absolute Gasteiger partial charge is 0.398 e. The number of alkyl halides is 3. The Kier molecular flexibility index (Phi) is 3.06. The van der Waals surface area contributed by atoms with Crippen molar-refractivity contribution in [3.05, 3.63) is 27.7 Å². The van der Waals surface area contributed by atoms with Gasteiger partial charge in [-0.1, -0.05) is 15.9 Å². The molecule has 1 aromatic rings. The van der Waals surface area contributed by atoms with E-state index in [0.29, 0.717) is 5.56 Å². The highest BCUT2D eigenvalue weighted by Gasteiger charge is 2.31. The molecule has 0 fully saturated rings. The van der Waals surface area contributed by atoms with Crippen molar-refractivity contribution in [1.29, 1.82) is 0 Å². The van der Waals surface area contributed by atoms with Crippen LogP contribution >= 0.6 is 15.9 Å². The molecule has 0 aliphatic carbocycles. The Bertz CT molecular complexity index is 326. The van der Waals surface area contributed by atoms with Crippen molar-refractivity contribution in [2.75, 3.05) is 5.73 Å². The van der Waals surface area contributed by atoms with E-state index in [1.165, 1.54) is 0 Å². The van der Waals surface area contributed by atoms with Crippen molar-refractivity contribution >= 4 is 21.6 Å². The van der Waals surface area contributed by atoms with E-state index in [2.05, 4.69) is 15.9 Å². The van der Waals surface area contributed by atoms with E-state index >= 15 is 0 Å². The number of hydrogen-bond acceptors (Lipinski definition) is 2. The van der Waals surface area contributed by atoms with Gasteiger partial charge < -0.3 is 11.5 Å². The second-order valence-electron chi connectivity index (χ2n) is 2.73. The fraction of sp³-hybridized carbons (Fsp3) is 0.250. The summed E-state index contributed by atoms with van der Waals surface area (Å²) >= 11 is 2.99. The van der Waals surface area contributed by atoms with Crippen molar-refractivity contribution in [3.63, 3.8) is 0 Å². The van der Waals surface area contributed by atoms with Crippen LogP contribution in [0.15, 0.2) is 16.6 Å². The summed E-state index contributed by atoms with van der Waals surface area (Å²) in [5.74, 6) is 0. The highest BCUT2D eigenvalue weighted by Crippen LogP contribution is 2.34. The van der Waals surface area contributed by atoms with Crippen LogP contribution in [-0.2, 0) is 12.7 Å². The summed E-state index contributed by atoms with van der Waals surface area (Å²) in [5.41, 5.74) is 10.5. The number of nitrogens with two attached hydrogens (primary N) is 2. The molecule has 4 N–H and O–H groups in total. The van der Waals surface area contributed by atoms with Crippen LogP contribution in [0.5, 0.6) is 0 Å². The molecule has 0 spiro atoms. The average molecular weight is 269 g/mol. The molecule has 0 aromatic heterocycles. The third kappa shape index (κ3) is 2.19. The lowest BCUT2D eigenvalue weighted by molar-refractivity contribution is -0.137. The van der Waals surface area contributed by atoms with Gasteiger partial charge in [0.05, 0.1) is 5.56 Å². The predicted molar refractivity (Wildman–Crippen MR) is 51.4 cm³/mol. The molecule has 0 saturated carbocycles. The highest BCUT2D eigenvalue weighted by molar-refractivity contribution is 9.10. The van der Waals surface area contributed by atoms with Crippen LogP contribution in [0, 0.1) is 0 Å². The Morgan fingerprint density at radius 3 is 2.21 bits per heavy atom. The maximum Gasteiger partial charge on any atom is 0.416 e. The molecule has 0 aliphatic heterocycles. The standard InChI is InChI=1S/C8H8BrF3N2/c9-6-1-4(8(10,11)12)2-7(14)5(6)3-13/h1-2H,3,13-14H2. The molecule has 0 aliphatic rings. The second-order valence-corrected chi connectivity index (χ2v) is 3.58. The molecule has 78 valence electrons. The zero-order chi connectivity index (χ0) is 10.9. The Balaban J connectivity index is 3.28. The van der Waals surface area contributed by atoms with Gasteiger partial charge in [-0.15, -0.1) is 0 Å². The van der Waals surface area contributed by atoms with Gasteiger partial charge in [-0.05, 0) is 12.1 Å². The zero-order valence-corrected chi connectivity index (χ0v) is 8.61. The molecule has 1 aromatic carbocycles. The quantitative estimate of drug-likeness (QED) is 0.769. The van der Waals surface area contributed by atoms with Gasteiger partial charge in [-0.3, -0.25) is 0 Å².